The van der Waals surface area contributed by atoms with E-state index in [9.17, 15) is 9.59 Å². The summed E-state index contributed by atoms with van der Waals surface area (Å²) in [7, 11) is 0. The van der Waals surface area contributed by atoms with Crippen molar-refractivity contribution in [3.63, 3.8) is 0 Å². The molecular formula is C14H18BrN3O3. The molecule has 1 aliphatic rings. The number of pyridine rings is 1. The second-order valence-corrected chi connectivity index (χ2v) is 5.97. The second-order valence-electron chi connectivity index (χ2n) is 5.12. The maximum atomic E-state index is 12.5. The first-order valence-electron chi connectivity index (χ1n) is 6.90. The van der Waals surface area contributed by atoms with Gasteiger partial charge in [0, 0.05) is 30.3 Å². The lowest BCUT2D eigenvalue weighted by Gasteiger charge is -2.32. The molecule has 1 fully saturated rings. The Morgan fingerprint density at radius 3 is 3.05 bits per heavy atom. The van der Waals surface area contributed by atoms with Crippen molar-refractivity contribution in [3.05, 3.63) is 28.5 Å². The van der Waals surface area contributed by atoms with Crippen LogP contribution in [0.1, 0.15) is 23.3 Å². The molecule has 21 heavy (non-hydrogen) atoms. The number of hydrogen-bond donors (Lipinski definition) is 2. The largest absolute Gasteiger partial charge is 0.480 e. The molecule has 1 amide bonds. The molecule has 2 N–H and O–H groups in total. The number of hydrogen-bond acceptors (Lipinski definition) is 4. The average molecular weight is 356 g/mol. The van der Waals surface area contributed by atoms with E-state index in [4.69, 9.17) is 5.11 Å². The predicted molar refractivity (Wildman–Crippen MR) is 81.1 cm³/mol. The summed E-state index contributed by atoms with van der Waals surface area (Å²) in [6, 6.07) is 3.58. The number of aliphatic carboxylic acids is 1. The molecule has 7 heteroatoms. The van der Waals surface area contributed by atoms with Crippen LogP contribution in [-0.4, -0.2) is 53.0 Å². The quantitative estimate of drug-likeness (QED) is 0.833. The summed E-state index contributed by atoms with van der Waals surface area (Å²) in [6.45, 7) is 1.92. The third-order valence-corrected chi connectivity index (χ3v) is 4.12. The summed E-state index contributed by atoms with van der Waals surface area (Å²) in [5, 5.41) is 11.5. The molecule has 114 valence electrons. The molecule has 1 aromatic rings. The van der Waals surface area contributed by atoms with E-state index in [-0.39, 0.29) is 18.4 Å². The van der Waals surface area contributed by atoms with Gasteiger partial charge in [0.05, 0.1) is 6.54 Å². The number of piperidine rings is 1. The smallest absolute Gasteiger partial charge is 0.317 e. The molecule has 1 aliphatic heterocycles. The highest BCUT2D eigenvalue weighted by molar-refractivity contribution is 9.10. The summed E-state index contributed by atoms with van der Waals surface area (Å²) in [4.78, 5) is 28.9. The summed E-state index contributed by atoms with van der Waals surface area (Å²) in [5.41, 5.74) is 0.427. The third-order valence-electron chi connectivity index (χ3n) is 3.48. The lowest BCUT2D eigenvalue weighted by atomic mass is 9.97. The molecule has 1 unspecified atom stereocenters. The molecule has 2 rings (SSSR count). The van der Waals surface area contributed by atoms with Crippen LogP contribution in [0.3, 0.4) is 0 Å². The number of carboxylic acids is 1. The zero-order valence-electron chi connectivity index (χ0n) is 11.6. The van der Waals surface area contributed by atoms with Crippen molar-refractivity contribution in [3.8, 4) is 0 Å². The highest BCUT2D eigenvalue weighted by Crippen LogP contribution is 2.20. The number of nitrogens with one attached hydrogen (secondary N) is 1. The van der Waals surface area contributed by atoms with Gasteiger partial charge in [0.1, 0.15) is 5.69 Å². The Labute approximate surface area is 131 Å². The first kappa shape index (κ1) is 15.9. The van der Waals surface area contributed by atoms with Gasteiger partial charge in [-0.15, -0.1) is 0 Å². The third kappa shape index (κ3) is 4.50. The van der Waals surface area contributed by atoms with Crippen molar-refractivity contribution in [1.82, 2.24) is 15.2 Å². The summed E-state index contributed by atoms with van der Waals surface area (Å²) in [6.07, 6.45) is 3.53. The molecule has 0 saturated carbocycles. The molecule has 0 aromatic carbocycles. The van der Waals surface area contributed by atoms with Gasteiger partial charge in [-0.2, -0.15) is 0 Å². The van der Waals surface area contributed by atoms with Crippen LogP contribution in [0.5, 0.6) is 0 Å². The molecule has 0 spiro atoms. The normalized spacial score (nSPS) is 18.5. The van der Waals surface area contributed by atoms with E-state index in [1.807, 2.05) is 0 Å². The number of carbonyl (C=O) groups is 2. The summed E-state index contributed by atoms with van der Waals surface area (Å²) in [5.74, 6) is -0.661. The lowest BCUT2D eigenvalue weighted by molar-refractivity contribution is -0.136. The second kappa shape index (κ2) is 7.51. The molecule has 6 nitrogen and oxygen atoms in total. The van der Waals surface area contributed by atoms with Crippen LogP contribution in [0.15, 0.2) is 22.8 Å². The molecule has 0 bridgehead atoms. The molecule has 2 heterocycles. The van der Waals surface area contributed by atoms with Gasteiger partial charge in [0.2, 0.25) is 0 Å². The zero-order valence-corrected chi connectivity index (χ0v) is 13.2. The van der Waals surface area contributed by atoms with Crippen LogP contribution >= 0.6 is 15.9 Å². The van der Waals surface area contributed by atoms with Gasteiger partial charge < -0.3 is 15.3 Å². The van der Waals surface area contributed by atoms with Gasteiger partial charge in [-0.05, 0) is 46.8 Å². The fraction of sp³-hybridized carbons (Fsp3) is 0.500. The average Bonchev–Trinajstić information content (AvgIpc) is 2.47. The number of rotatable bonds is 5. The first-order chi connectivity index (χ1) is 10.1. The van der Waals surface area contributed by atoms with Crippen LogP contribution in [0, 0.1) is 5.92 Å². The molecular weight excluding hydrogens is 338 g/mol. The van der Waals surface area contributed by atoms with Crippen molar-refractivity contribution in [1.29, 1.82) is 0 Å². The lowest BCUT2D eigenvalue weighted by Crippen LogP contribution is -2.43. The van der Waals surface area contributed by atoms with E-state index < -0.39 is 5.97 Å². The van der Waals surface area contributed by atoms with Crippen molar-refractivity contribution in [2.75, 3.05) is 26.2 Å². The van der Waals surface area contributed by atoms with E-state index in [2.05, 4.69) is 26.2 Å². The van der Waals surface area contributed by atoms with Gasteiger partial charge in [-0.3, -0.25) is 9.59 Å². The van der Waals surface area contributed by atoms with E-state index in [1.54, 1.807) is 23.2 Å². The van der Waals surface area contributed by atoms with E-state index in [0.29, 0.717) is 23.3 Å². The standard InChI is InChI=1S/C14H18BrN3O3/c15-11-4-1-5-17-13(11)14(21)18-6-2-3-10(9-18)7-16-8-12(19)20/h1,4-5,10,16H,2-3,6-9H2,(H,19,20). The van der Waals surface area contributed by atoms with E-state index in [0.717, 1.165) is 19.4 Å². The summed E-state index contributed by atoms with van der Waals surface area (Å²) < 4.78 is 0.695. The number of halogens is 1. The maximum Gasteiger partial charge on any atom is 0.317 e. The van der Waals surface area contributed by atoms with Crippen molar-refractivity contribution in [2.24, 2.45) is 5.92 Å². The van der Waals surface area contributed by atoms with Crippen molar-refractivity contribution < 1.29 is 14.7 Å². The number of amides is 1. The number of nitrogens with zero attached hydrogens (tertiary/aromatic N) is 2. The maximum absolute atomic E-state index is 12.5. The Morgan fingerprint density at radius 1 is 1.52 bits per heavy atom. The Bertz CT molecular complexity index is 524. The fourth-order valence-electron chi connectivity index (χ4n) is 2.49. The molecule has 1 aromatic heterocycles. The van der Waals surface area contributed by atoms with E-state index in [1.165, 1.54) is 0 Å². The van der Waals surface area contributed by atoms with Crippen LogP contribution in [0.25, 0.3) is 0 Å². The Morgan fingerprint density at radius 2 is 2.33 bits per heavy atom. The molecule has 1 atom stereocenters. The van der Waals surface area contributed by atoms with Crippen LogP contribution in [-0.2, 0) is 4.79 Å². The van der Waals surface area contributed by atoms with Gasteiger partial charge in [-0.1, -0.05) is 0 Å². The number of aromatic nitrogens is 1. The SMILES string of the molecule is O=C(O)CNCC1CCCN(C(=O)c2ncccc2Br)C1. The van der Waals surface area contributed by atoms with Crippen LogP contribution in [0.4, 0.5) is 0 Å². The monoisotopic (exact) mass is 355 g/mol. The molecule has 1 saturated heterocycles. The fourth-order valence-corrected chi connectivity index (χ4v) is 2.92. The Hall–Kier alpha value is -1.47. The van der Waals surface area contributed by atoms with Gasteiger partial charge >= 0.3 is 5.97 Å². The van der Waals surface area contributed by atoms with Crippen molar-refractivity contribution >= 4 is 27.8 Å². The van der Waals surface area contributed by atoms with E-state index >= 15 is 0 Å². The number of likely N-dealkylation sites (tertiary alicyclic amines) is 1. The zero-order chi connectivity index (χ0) is 15.2. The van der Waals surface area contributed by atoms with Gasteiger partial charge in [0.15, 0.2) is 0 Å². The van der Waals surface area contributed by atoms with Gasteiger partial charge in [-0.25, -0.2) is 4.98 Å². The van der Waals surface area contributed by atoms with Crippen LogP contribution < -0.4 is 5.32 Å². The Balaban J connectivity index is 1.93. The predicted octanol–water partition coefficient (Wildman–Crippen LogP) is 1.37. The summed E-state index contributed by atoms with van der Waals surface area (Å²) >= 11 is 3.35. The minimum atomic E-state index is -0.865. The van der Waals surface area contributed by atoms with Crippen LogP contribution in [0.2, 0.25) is 0 Å². The molecule has 0 aliphatic carbocycles. The number of carbonyl (C=O) groups excluding carboxylic acids is 1. The topological polar surface area (TPSA) is 82.5 Å². The first-order valence-corrected chi connectivity index (χ1v) is 7.69. The Kier molecular flexibility index (Phi) is 5.69. The number of carboxylic acid groups (broad SMARTS) is 1. The minimum absolute atomic E-state index is 0.0454. The highest BCUT2D eigenvalue weighted by Gasteiger charge is 2.26. The molecule has 0 radical (unpaired) electrons. The minimum Gasteiger partial charge on any atom is -0.480 e. The van der Waals surface area contributed by atoms with Crippen molar-refractivity contribution in [2.45, 2.75) is 12.8 Å². The highest BCUT2D eigenvalue weighted by atomic mass is 79.9. The van der Waals surface area contributed by atoms with Gasteiger partial charge in [0.25, 0.3) is 5.91 Å².